The first kappa shape index (κ1) is 21.5. The molecule has 1 amide bonds. The summed E-state index contributed by atoms with van der Waals surface area (Å²) in [5, 5.41) is 11.6. The van der Waals surface area contributed by atoms with E-state index in [0.717, 1.165) is 16.7 Å². The SMILES string of the molecule is O=C(c1cccnc1SCC1CCCCC1)N1CCN(c2ccc([N+](=O)[O-])cn2)CC1. The monoisotopic (exact) mass is 441 g/mol. The highest BCUT2D eigenvalue weighted by atomic mass is 32.2. The molecule has 0 atom stereocenters. The van der Waals surface area contributed by atoms with Gasteiger partial charge in [0.05, 0.1) is 10.5 Å². The fraction of sp³-hybridized carbons (Fsp3) is 0.500. The molecule has 0 spiro atoms. The molecule has 3 heterocycles. The molecule has 1 aliphatic heterocycles. The number of carbonyl (C=O) groups is 1. The molecule has 4 rings (SSSR count). The maximum Gasteiger partial charge on any atom is 0.287 e. The maximum atomic E-state index is 13.2. The standard InChI is InChI=1S/C22H27N5O3S/c28-22(19-7-4-10-23-21(19)31-16-17-5-2-1-3-6-17)26-13-11-25(12-14-26)20-9-8-18(15-24-20)27(29)30/h4,7-10,15,17H,1-3,5-6,11-14,16H2. The van der Waals surface area contributed by atoms with Crippen molar-refractivity contribution < 1.29 is 9.72 Å². The topological polar surface area (TPSA) is 92.5 Å². The molecule has 2 fully saturated rings. The van der Waals surface area contributed by atoms with Gasteiger partial charge >= 0.3 is 0 Å². The molecule has 1 saturated carbocycles. The molecule has 0 unspecified atom stereocenters. The average Bonchev–Trinajstić information content (AvgIpc) is 2.83. The Hall–Kier alpha value is -2.68. The number of carbonyl (C=O) groups excluding carboxylic acids is 1. The molecule has 2 aliphatic rings. The number of pyridine rings is 2. The highest BCUT2D eigenvalue weighted by molar-refractivity contribution is 7.99. The molecule has 164 valence electrons. The lowest BCUT2D eigenvalue weighted by Gasteiger charge is -2.35. The van der Waals surface area contributed by atoms with E-state index >= 15 is 0 Å². The van der Waals surface area contributed by atoms with E-state index in [0.29, 0.717) is 37.6 Å². The van der Waals surface area contributed by atoms with Crippen LogP contribution in [0.15, 0.2) is 41.7 Å². The van der Waals surface area contributed by atoms with Crippen molar-refractivity contribution in [1.82, 2.24) is 14.9 Å². The summed E-state index contributed by atoms with van der Waals surface area (Å²) < 4.78 is 0. The predicted octanol–water partition coefficient (Wildman–Crippen LogP) is 4.02. The van der Waals surface area contributed by atoms with Gasteiger partial charge in [0.1, 0.15) is 17.0 Å². The van der Waals surface area contributed by atoms with Crippen LogP contribution in [0.4, 0.5) is 11.5 Å². The molecule has 8 nitrogen and oxygen atoms in total. The molecule has 0 aromatic carbocycles. The first-order valence-electron chi connectivity index (χ1n) is 10.8. The largest absolute Gasteiger partial charge is 0.353 e. The number of nitro groups is 1. The molecule has 2 aromatic heterocycles. The minimum Gasteiger partial charge on any atom is -0.353 e. The van der Waals surface area contributed by atoms with E-state index in [4.69, 9.17) is 0 Å². The number of anilines is 1. The zero-order valence-electron chi connectivity index (χ0n) is 17.5. The Labute approximate surface area is 186 Å². The third kappa shape index (κ3) is 5.33. The van der Waals surface area contributed by atoms with E-state index < -0.39 is 4.92 Å². The van der Waals surface area contributed by atoms with Gasteiger partial charge in [0, 0.05) is 44.2 Å². The Morgan fingerprint density at radius 1 is 1.10 bits per heavy atom. The summed E-state index contributed by atoms with van der Waals surface area (Å²) in [7, 11) is 0. The van der Waals surface area contributed by atoms with Crippen LogP contribution in [0.2, 0.25) is 0 Å². The van der Waals surface area contributed by atoms with Crippen LogP contribution in [-0.4, -0.2) is 57.6 Å². The molecule has 0 N–H and O–H groups in total. The van der Waals surface area contributed by atoms with Crippen LogP contribution in [0.3, 0.4) is 0 Å². The second-order valence-electron chi connectivity index (χ2n) is 8.08. The van der Waals surface area contributed by atoms with Gasteiger partial charge in [-0.3, -0.25) is 14.9 Å². The summed E-state index contributed by atoms with van der Waals surface area (Å²) in [6.45, 7) is 2.45. The molecule has 0 radical (unpaired) electrons. The van der Waals surface area contributed by atoms with Crippen LogP contribution in [0.25, 0.3) is 0 Å². The third-order valence-electron chi connectivity index (χ3n) is 6.02. The summed E-state index contributed by atoms with van der Waals surface area (Å²) >= 11 is 1.71. The van der Waals surface area contributed by atoms with Gasteiger partial charge in [-0.25, -0.2) is 9.97 Å². The normalized spacial score (nSPS) is 17.5. The summed E-state index contributed by atoms with van der Waals surface area (Å²) in [6.07, 6.45) is 9.57. The van der Waals surface area contributed by atoms with E-state index in [1.807, 2.05) is 17.0 Å². The van der Waals surface area contributed by atoms with Crippen LogP contribution < -0.4 is 4.90 Å². The molecule has 0 bridgehead atoms. The highest BCUT2D eigenvalue weighted by Gasteiger charge is 2.25. The first-order valence-corrected chi connectivity index (χ1v) is 11.8. The van der Waals surface area contributed by atoms with Crippen molar-refractivity contribution in [3.63, 3.8) is 0 Å². The van der Waals surface area contributed by atoms with Crippen molar-refractivity contribution in [2.24, 2.45) is 5.92 Å². The lowest BCUT2D eigenvalue weighted by molar-refractivity contribution is -0.385. The number of thioether (sulfide) groups is 1. The summed E-state index contributed by atoms with van der Waals surface area (Å²) in [6, 6.07) is 6.83. The van der Waals surface area contributed by atoms with Crippen LogP contribution in [-0.2, 0) is 0 Å². The first-order chi connectivity index (χ1) is 15.1. The Morgan fingerprint density at radius 2 is 1.87 bits per heavy atom. The van der Waals surface area contributed by atoms with Crippen molar-refractivity contribution in [1.29, 1.82) is 0 Å². The van der Waals surface area contributed by atoms with E-state index in [1.165, 1.54) is 44.4 Å². The highest BCUT2D eigenvalue weighted by Crippen LogP contribution is 2.31. The van der Waals surface area contributed by atoms with Crippen LogP contribution in [0, 0.1) is 16.0 Å². The molecule has 2 aromatic rings. The summed E-state index contributed by atoms with van der Waals surface area (Å²) in [4.78, 5) is 36.2. The van der Waals surface area contributed by atoms with E-state index in [2.05, 4.69) is 14.9 Å². The van der Waals surface area contributed by atoms with Crippen LogP contribution in [0.1, 0.15) is 42.5 Å². The average molecular weight is 442 g/mol. The zero-order valence-corrected chi connectivity index (χ0v) is 18.3. The Kier molecular flexibility index (Phi) is 7.01. The van der Waals surface area contributed by atoms with Gasteiger partial charge in [-0.05, 0) is 37.0 Å². The Morgan fingerprint density at radius 3 is 2.55 bits per heavy atom. The summed E-state index contributed by atoms with van der Waals surface area (Å²) in [5.41, 5.74) is 0.664. The smallest absolute Gasteiger partial charge is 0.287 e. The fourth-order valence-corrected chi connectivity index (χ4v) is 5.37. The molecule has 9 heteroatoms. The van der Waals surface area contributed by atoms with Crippen molar-refractivity contribution in [2.75, 3.05) is 36.8 Å². The molecule has 31 heavy (non-hydrogen) atoms. The number of aromatic nitrogens is 2. The minimum atomic E-state index is -0.453. The van der Waals surface area contributed by atoms with E-state index in [-0.39, 0.29) is 11.6 Å². The van der Waals surface area contributed by atoms with Gasteiger partial charge in [0.25, 0.3) is 11.6 Å². The number of rotatable bonds is 6. The van der Waals surface area contributed by atoms with E-state index in [9.17, 15) is 14.9 Å². The fourth-order valence-electron chi connectivity index (χ4n) is 4.20. The second kappa shape index (κ2) is 10.1. The molecular weight excluding hydrogens is 414 g/mol. The van der Waals surface area contributed by atoms with Crippen molar-refractivity contribution in [2.45, 2.75) is 37.1 Å². The third-order valence-corrected chi connectivity index (χ3v) is 7.25. The van der Waals surface area contributed by atoms with E-state index in [1.54, 1.807) is 24.0 Å². The van der Waals surface area contributed by atoms with Gasteiger partial charge in [0.15, 0.2) is 0 Å². The number of piperazine rings is 1. The van der Waals surface area contributed by atoms with Crippen LogP contribution in [0.5, 0.6) is 0 Å². The number of amides is 1. The lowest BCUT2D eigenvalue weighted by atomic mass is 9.91. The predicted molar refractivity (Wildman–Crippen MR) is 121 cm³/mol. The zero-order chi connectivity index (χ0) is 21.6. The lowest BCUT2D eigenvalue weighted by Crippen LogP contribution is -2.49. The quantitative estimate of drug-likeness (QED) is 0.380. The number of nitrogens with zero attached hydrogens (tertiary/aromatic N) is 5. The summed E-state index contributed by atoms with van der Waals surface area (Å²) in [5.74, 6) is 2.47. The van der Waals surface area contributed by atoms with Crippen LogP contribution >= 0.6 is 11.8 Å². The van der Waals surface area contributed by atoms with Crippen molar-refractivity contribution in [3.8, 4) is 0 Å². The Balaban J connectivity index is 1.35. The maximum absolute atomic E-state index is 13.2. The Bertz CT molecular complexity index is 910. The minimum absolute atomic E-state index is 0.0209. The van der Waals surface area contributed by atoms with Crippen molar-refractivity contribution >= 4 is 29.2 Å². The molecule has 1 saturated heterocycles. The van der Waals surface area contributed by atoms with Gasteiger partial charge in [-0.2, -0.15) is 0 Å². The molecular formula is C22H27N5O3S. The van der Waals surface area contributed by atoms with Gasteiger partial charge in [-0.1, -0.05) is 19.3 Å². The number of hydrogen-bond donors (Lipinski definition) is 0. The van der Waals surface area contributed by atoms with Gasteiger partial charge < -0.3 is 9.80 Å². The molecule has 1 aliphatic carbocycles. The van der Waals surface area contributed by atoms with Gasteiger partial charge in [0.2, 0.25) is 0 Å². The number of hydrogen-bond acceptors (Lipinski definition) is 7. The van der Waals surface area contributed by atoms with Crippen molar-refractivity contribution in [3.05, 3.63) is 52.3 Å². The van der Waals surface area contributed by atoms with Gasteiger partial charge in [-0.15, -0.1) is 11.8 Å². The second-order valence-corrected chi connectivity index (χ2v) is 9.09.